The highest BCUT2D eigenvalue weighted by molar-refractivity contribution is 6.04. The number of rotatable bonds is 3. The highest BCUT2D eigenvalue weighted by atomic mass is 19.1. The third-order valence-corrected chi connectivity index (χ3v) is 5.43. The summed E-state index contributed by atoms with van der Waals surface area (Å²) in [4.78, 5) is 28.4. The van der Waals surface area contributed by atoms with Gasteiger partial charge in [0.25, 0.3) is 0 Å². The first-order chi connectivity index (χ1) is 16.3. The average molecular weight is 457 g/mol. The molecule has 0 radical (unpaired) electrons. The topological polar surface area (TPSA) is 144 Å². The van der Waals surface area contributed by atoms with Gasteiger partial charge in [-0.05, 0) is 37.3 Å². The van der Waals surface area contributed by atoms with Crippen LogP contribution in [0.3, 0.4) is 0 Å². The van der Waals surface area contributed by atoms with E-state index in [0.717, 1.165) is 18.5 Å². The standard InChI is InChI=1S/C23H13F2N7O2/c1-10-31-20-12(23(33)34)6-11(19-13(8-26)22(27)30-9-29-19)7-17(20)32(10)16-4-5-28-21-15(25)3-2-14(24)18(16)21/h2-7,9H,1H3,(H,33,34)(H2,27,29,30). The molecule has 0 aliphatic rings. The Hall–Kier alpha value is -4.98. The second-order valence-corrected chi connectivity index (χ2v) is 7.37. The van der Waals surface area contributed by atoms with Crippen LogP contribution in [0.1, 0.15) is 21.7 Å². The van der Waals surface area contributed by atoms with Gasteiger partial charge in [-0.2, -0.15) is 5.26 Å². The molecule has 5 aromatic rings. The fourth-order valence-corrected chi connectivity index (χ4v) is 3.99. The second kappa shape index (κ2) is 7.56. The van der Waals surface area contributed by atoms with Crippen molar-refractivity contribution in [3.8, 4) is 23.0 Å². The number of nitriles is 1. The number of aromatic nitrogens is 5. The third kappa shape index (κ3) is 3.01. The van der Waals surface area contributed by atoms with Crippen molar-refractivity contribution < 1.29 is 18.7 Å². The van der Waals surface area contributed by atoms with Crippen molar-refractivity contribution in [3.63, 3.8) is 0 Å². The summed E-state index contributed by atoms with van der Waals surface area (Å²) < 4.78 is 30.7. The molecule has 0 aliphatic carbocycles. The Kier molecular flexibility index (Phi) is 4.65. The molecule has 0 aliphatic heterocycles. The molecule has 3 N–H and O–H groups in total. The Labute approximate surface area is 189 Å². The van der Waals surface area contributed by atoms with Crippen LogP contribution in [-0.2, 0) is 0 Å². The molecule has 3 heterocycles. The molecule has 0 unspecified atom stereocenters. The molecule has 11 heteroatoms. The molecular weight excluding hydrogens is 444 g/mol. The van der Waals surface area contributed by atoms with E-state index < -0.39 is 17.6 Å². The van der Waals surface area contributed by atoms with E-state index >= 15 is 0 Å². The van der Waals surface area contributed by atoms with Crippen LogP contribution in [0.2, 0.25) is 0 Å². The van der Waals surface area contributed by atoms with Crippen molar-refractivity contribution in [3.05, 3.63) is 71.4 Å². The minimum Gasteiger partial charge on any atom is -0.478 e. The Morgan fingerprint density at radius 3 is 2.62 bits per heavy atom. The third-order valence-electron chi connectivity index (χ3n) is 5.43. The van der Waals surface area contributed by atoms with Gasteiger partial charge in [-0.25, -0.2) is 28.5 Å². The summed E-state index contributed by atoms with van der Waals surface area (Å²) in [6.45, 7) is 1.61. The van der Waals surface area contributed by atoms with Crippen molar-refractivity contribution in [1.82, 2.24) is 24.5 Å². The Morgan fingerprint density at radius 2 is 1.88 bits per heavy atom. The maximum Gasteiger partial charge on any atom is 0.338 e. The molecular formula is C23H13F2N7O2. The number of nitrogens with two attached hydrogens (primary N) is 1. The van der Waals surface area contributed by atoms with Crippen molar-refractivity contribution in [1.29, 1.82) is 5.26 Å². The fraction of sp³-hybridized carbons (Fsp3) is 0.0435. The number of aryl methyl sites for hydroxylation is 1. The van der Waals surface area contributed by atoms with E-state index in [4.69, 9.17) is 5.73 Å². The van der Waals surface area contributed by atoms with Crippen LogP contribution >= 0.6 is 0 Å². The molecule has 0 amide bonds. The number of hydrogen-bond acceptors (Lipinski definition) is 7. The highest BCUT2D eigenvalue weighted by Gasteiger charge is 2.23. The van der Waals surface area contributed by atoms with Crippen molar-refractivity contribution in [2.75, 3.05) is 5.73 Å². The summed E-state index contributed by atoms with van der Waals surface area (Å²) in [5.74, 6) is -2.41. The largest absolute Gasteiger partial charge is 0.478 e. The van der Waals surface area contributed by atoms with Crippen LogP contribution in [0.5, 0.6) is 0 Å². The van der Waals surface area contributed by atoms with Crippen LogP contribution in [0.4, 0.5) is 14.6 Å². The zero-order chi connectivity index (χ0) is 24.1. The van der Waals surface area contributed by atoms with E-state index in [1.165, 1.54) is 22.9 Å². The molecule has 166 valence electrons. The van der Waals surface area contributed by atoms with E-state index in [1.54, 1.807) is 13.0 Å². The van der Waals surface area contributed by atoms with Crippen LogP contribution in [0, 0.1) is 29.9 Å². The molecule has 5 rings (SSSR count). The average Bonchev–Trinajstić information content (AvgIpc) is 3.15. The smallest absolute Gasteiger partial charge is 0.338 e. The SMILES string of the molecule is Cc1nc2c(C(=O)O)cc(-c3ncnc(N)c3C#N)cc2n1-c1ccnc2c(F)ccc(F)c12. The number of benzene rings is 2. The maximum atomic E-state index is 14.8. The lowest BCUT2D eigenvalue weighted by Crippen LogP contribution is -2.04. The van der Waals surface area contributed by atoms with Gasteiger partial charge in [-0.1, -0.05) is 0 Å². The molecule has 0 fully saturated rings. The van der Waals surface area contributed by atoms with Gasteiger partial charge in [-0.15, -0.1) is 0 Å². The zero-order valence-corrected chi connectivity index (χ0v) is 17.4. The summed E-state index contributed by atoms with van der Waals surface area (Å²) in [5, 5.41) is 19.3. The molecule has 0 atom stereocenters. The van der Waals surface area contributed by atoms with Gasteiger partial charge in [-0.3, -0.25) is 9.55 Å². The normalized spacial score (nSPS) is 11.1. The van der Waals surface area contributed by atoms with E-state index in [1.807, 2.05) is 6.07 Å². The Balaban J connectivity index is 1.92. The van der Waals surface area contributed by atoms with Crippen LogP contribution in [0.15, 0.2) is 42.9 Å². The monoisotopic (exact) mass is 457 g/mol. The number of hydrogen-bond donors (Lipinski definition) is 2. The lowest BCUT2D eigenvalue weighted by atomic mass is 10.0. The van der Waals surface area contributed by atoms with E-state index in [-0.39, 0.29) is 55.8 Å². The summed E-state index contributed by atoms with van der Waals surface area (Å²) in [6.07, 6.45) is 2.49. The van der Waals surface area contributed by atoms with Gasteiger partial charge < -0.3 is 10.8 Å². The van der Waals surface area contributed by atoms with Crippen LogP contribution in [-0.4, -0.2) is 35.6 Å². The van der Waals surface area contributed by atoms with Gasteiger partial charge in [0.1, 0.15) is 52.3 Å². The molecule has 0 bridgehead atoms. The minimum atomic E-state index is -1.27. The highest BCUT2D eigenvalue weighted by Crippen LogP contribution is 2.34. The number of carboxylic acid groups (broad SMARTS) is 1. The Morgan fingerprint density at radius 1 is 1.12 bits per heavy atom. The molecule has 9 nitrogen and oxygen atoms in total. The first-order valence-corrected chi connectivity index (χ1v) is 9.82. The number of carboxylic acids is 1. The molecule has 0 spiro atoms. The molecule has 0 saturated heterocycles. The summed E-state index contributed by atoms with van der Waals surface area (Å²) in [6, 6.07) is 8.28. The predicted molar refractivity (Wildman–Crippen MR) is 118 cm³/mol. The number of aromatic carboxylic acids is 1. The number of fused-ring (bicyclic) bond motifs is 2. The van der Waals surface area contributed by atoms with E-state index in [9.17, 15) is 23.9 Å². The molecule has 0 saturated carbocycles. The van der Waals surface area contributed by atoms with Gasteiger partial charge in [0.05, 0.1) is 27.8 Å². The van der Waals surface area contributed by atoms with Crippen molar-refractivity contribution in [2.45, 2.75) is 6.92 Å². The second-order valence-electron chi connectivity index (χ2n) is 7.37. The quantitative estimate of drug-likeness (QED) is 0.417. The summed E-state index contributed by atoms with van der Waals surface area (Å²) >= 11 is 0. The molecule has 2 aromatic carbocycles. The number of imidazole rings is 1. The van der Waals surface area contributed by atoms with Gasteiger partial charge >= 0.3 is 5.97 Å². The fourth-order valence-electron chi connectivity index (χ4n) is 3.99. The van der Waals surface area contributed by atoms with Gasteiger partial charge in [0, 0.05) is 11.8 Å². The number of halogens is 2. The minimum absolute atomic E-state index is 0.0246. The van der Waals surface area contributed by atoms with Gasteiger partial charge in [0.15, 0.2) is 0 Å². The van der Waals surface area contributed by atoms with Crippen LogP contribution < -0.4 is 5.73 Å². The number of nitrogens with zero attached hydrogens (tertiary/aromatic N) is 6. The summed E-state index contributed by atoms with van der Waals surface area (Å²) in [5.41, 5.74) is 6.45. The molecule has 3 aromatic heterocycles. The maximum absolute atomic E-state index is 14.8. The lowest BCUT2D eigenvalue weighted by molar-refractivity contribution is 0.0699. The van der Waals surface area contributed by atoms with Crippen molar-refractivity contribution in [2.24, 2.45) is 0 Å². The first-order valence-electron chi connectivity index (χ1n) is 9.82. The summed E-state index contributed by atoms with van der Waals surface area (Å²) in [7, 11) is 0. The number of anilines is 1. The first kappa shape index (κ1) is 20.9. The predicted octanol–water partition coefficient (Wildman–Crippen LogP) is 3.77. The molecule has 34 heavy (non-hydrogen) atoms. The Bertz CT molecular complexity index is 1710. The van der Waals surface area contributed by atoms with Crippen molar-refractivity contribution >= 4 is 33.7 Å². The zero-order valence-electron chi connectivity index (χ0n) is 17.4. The van der Waals surface area contributed by atoms with E-state index in [2.05, 4.69) is 19.9 Å². The lowest BCUT2D eigenvalue weighted by Gasteiger charge is -2.13. The number of pyridine rings is 1. The van der Waals surface area contributed by atoms with E-state index in [0.29, 0.717) is 5.82 Å². The van der Waals surface area contributed by atoms with Crippen LogP contribution in [0.25, 0.3) is 38.9 Å². The number of nitrogen functional groups attached to an aromatic ring is 1. The van der Waals surface area contributed by atoms with Gasteiger partial charge in [0.2, 0.25) is 0 Å². The number of carbonyl (C=O) groups is 1.